The van der Waals surface area contributed by atoms with Gasteiger partial charge in [-0.3, -0.25) is 4.79 Å². The third-order valence-corrected chi connectivity index (χ3v) is 3.97. The number of carbonyl (C=O) groups is 1. The highest BCUT2D eigenvalue weighted by Crippen LogP contribution is 2.34. The molecule has 2 heterocycles. The molecule has 1 aliphatic rings. The highest BCUT2D eigenvalue weighted by atomic mass is 16.5. The number of amides is 1. The summed E-state index contributed by atoms with van der Waals surface area (Å²) in [5.74, 6) is -0.122. The Morgan fingerprint density at radius 2 is 2.50 bits per heavy atom. The van der Waals surface area contributed by atoms with Crippen LogP contribution in [0.1, 0.15) is 36.2 Å². The Bertz CT molecular complexity index is 423. The van der Waals surface area contributed by atoms with Crippen molar-refractivity contribution in [3.63, 3.8) is 0 Å². The van der Waals surface area contributed by atoms with Crippen molar-refractivity contribution in [2.24, 2.45) is 5.41 Å². The predicted octanol–water partition coefficient (Wildman–Crippen LogP) is 0.446. The lowest BCUT2D eigenvalue weighted by Crippen LogP contribution is -2.48. The molecule has 1 aliphatic heterocycles. The van der Waals surface area contributed by atoms with Crippen LogP contribution in [0.5, 0.6) is 0 Å². The number of H-pyrrole nitrogens is 1. The molecule has 0 aliphatic carbocycles. The molecule has 7 heteroatoms. The average molecular weight is 282 g/mol. The lowest BCUT2D eigenvalue weighted by Gasteiger charge is -2.41. The van der Waals surface area contributed by atoms with Gasteiger partial charge in [0.25, 0.3) is 5.91 Å². The van der Waals surface area contributed by atoms with Crippen molar-refractivity contribution in [3.05, 3.63) is 11.9 Å². The Hall–Kier alpha value is -1.47. The summed E-state index contributed by atoms with van der Waals surface area (Å²) in [6.07, 6.45) is 5.03. The van der Waals surface area contributed by atoms with Crippen LogP contribution in [0.25, 0.3) is 0 Å². The number of nitrogens with zero attached hydrogens (tertiary/aromatic N) is 3. The van der Waals surface area contributed by atoms with E-state index in [1.165, 1.54) is 6.20 Å². The lowest BCUT2D eigenvalue weighted by atomic mass is 9.77. The van der Waals surface area contributed by atoms with E-state index in [2.05, 4.69) is 15.4 Å². The fraction of sp³-hybridized carbons (Fsp3) is 0.769. The molecule has 112 valence electrons. The van der Waals surface area contributed by atoms with Crippen molar-refractivity contribution >= 4 is 5.91 Å². The number of nitrogens with one attached hydrogen (secondary N) is 1. The lowest BCUT2D eigenvalue weighted by molar-refractivity contribution is 0.0177. The Labute approximate surface area is 118 Å². The Kier molecular flexibility index (Phi) is 5.08. The number of piperidine rings is 1. The van der Waals surface area contributed by atoms with E-state index in [4.69, 9.17) is 4.74 Å². The monoisotopic (exact) mass is 282 g/mol. The quantitative estimate of drug-likeness (QED) is 0.739. The SMILES string of the molecule is COCCCC1(CO)CCCN(C(=O)c2cn[nH]n2)C1. The molecule has 0 bridgehead atoms. The number of ether oxygens (including phenoxy) is 1. The Balaban J connectivity index is 2.00. The second-order valence-electron chi connectivity index (χ2n) is 5.44. The van der Waals surface area contributed by atoms with Crippen molar-refractivity contribution in [2.75, 3.05) is 33.4 Å². The van der Waals surface area contributed by atoms with Crippen molar-refractivity contribution < 1.29 is 14.6 Å². The van der Waals surface area contributed by atoms with E-state index in [-0.39, 0.29) is 17.9 Å². The van der Waals surface area contributed by atoms with Gasteiger partial charge in [0.05, 0.1) is 12.8 Å². The van der Waals surface area contributed by atoms with E-state index in [0.717, 1.165) is 25.7 Å². The standard InChI is InChI=1S/C13H22N4O3/c1-20-7-3-5-13(10-18)4-2-6-17(9-13)12(19)11-8-14-16-15-11/h8,18H,2-7,9-10H2,1H3,(H,14,15,16). The highest BCUT2D eigenvalue weighted by Gasteiger charge is 2.36. The van der Waals surface area contributed by atoms with Crippen LogP contribution in [-0.4, -0.2) is 64.7 Å². The van der Waals surface area contributed by atoms with Gasteiger partial charge in [-0.2, -0.15) is 15.4 Å². The van der Waals surface area contributed by atoms with Crippen LogP contribution in [-0.2, 0) is 4.74 Å². The van der Waals surface area contributed by atoms with E-state index in [1.54, 1.807) is 12.0 Å². The molecular weight excluding hydrogens is 260 g/mol. The van der Waals surface area contributed by atoms with Gasteiger partial charge < -0.3 is 14.7 Å². The first-order chi connectivity index (χ1) is 9.71. The summed E-state index contributed by atoms with van der Waals surface area (Å²) < 4.78 is 5.07. The largest absolute Gasteiger partial charge is 0.396 e. The molecule has 1 aromatic rings. The first kappa shape index (κ1) is 14.9. The van der Waals surface area contributed by atoms with Crippen LogP contribution >= 0.6 is 0 Å². The van der Waals surface area contributed by atoms with Gasteiger partial charge in [0.1, 0.15) is 0 Å². The number of hydrogen-bond acceptors (Lipinski definition) is 5. The zero-order valence-electron chi connectivity index (χ0n) is 11.8. The Morgan fingerprint density at radius 3 is 3.15 bits per heavy atom. The topological polar surface area (TPSA) is 91.3 Å². The second kappa shape index (κ2) is 6.81. The highest BCUT2D eigenvalue weighted by molar-refractivity contribution is 5.91. The minimum atomic E-state index is -0.212. The number of aliphatic hydroxyl groups is 1. The fourth-order valence-corrected chi connectivity index (χ4v) is 2.85. The summed E-state index contributed by atoms with van der Waals surface area (Å²) >= 11 is 0. The minimum Gasteiger partial charge on any atom is -0.396 e. The number of likely N-dealkylation sites (tertiary alicyclic amines) is 1. The van der Waals surface area contributed by atoms with Gasteiger partial charge in [0, 0.05) is 32.2 Å². The number of carbonyl (C=O) groups excluding carboxylic acids is 1. The molecule has 1 unspecified atom stereocenters. The molecule has 1 fully saturated rings. The van der Waals surface area contributed by atoms with E-state index in [9.17, 15) is 9.90 Å². The summed E-state index contributed by atoms with van der Waals surface area (Å²) in [6, 6.07) is 0. The summed E-state index contributed by atoms with van der Waals surface area (Å²) in [4.78, 5) is 14.1. The molecule has 0 saturated carbocycles. The maximum Gasteiger partial charge on any atom is 0.276 e. The van der Waals surface area contributed by atoms with Gasteiger partial charge in [-0.05, 0) is 25.7 Å². The van der Waals surface area contributed by atoms with E-state index >= 15 is 0 Å². The van der Waals surface area contributed by atoms with E-state index in [0.29, 0.717) is 25.4 Å². The van der Waals surface area contributed by atoms with Gasteiger partial charge >= 0.3 is 0 Å². The zero-order valence-corrected chi connectivity index (χ0v) is 11.8. The number of aromatic nitrogens is 3. The van der Waals surface area contributed by atoms with E-state index in [1.807, 2.05) is 0 Å². The smallest absolute Gasteiger partial charge is 0.276 e. The summed E-state index contributed by atoms with van der Waals surface area (Å²) in [7, 11) is 1.67. The maximum atomic E-state index is 12.3. The van der Waals surface area contributed by atoms with Crippen LogP contribution in [0.15, 0.2) is 6.20 Å². The number of aromatic amines is 1. The molecule has 7 nitrogen and oxygen atoms in total. The van der Waals surface area contributed by atoms with Gasteiger partial charge in [0.2, 0.25) is 0 Å². The van der Waals surface area contributed by atoms with Crippen LogP contribution in [0.4, 0.5) is 0 Å². The number of hydrogen-bond donors (Lipinski definition) is 2. The minimum absolute atomic E-state index is 0.0965. The maximum absolute atomic E-state index is 12.3. The summed E-state index contributed by atoms with van der Waals surface area (Å²) in [5.41, 5.74) is 0.117. The van der Waals surface area contributed by atoms with Crippen LogP contribution < -0.4 is 0 Å². The molecule has 0 spiro atoms. The second-order valence-corrected chi connectivity index (χ2v) is 5.44. The molecule has 1 amide bonds. The van der Waals surface area contributed by atoms with Gasteiger partial charge in [-0.1, -0.05) is 0 Å². The molecule has 1 aromatic heterocycles. The van der Waals surface area contributed by atoms with Crippen molar-refractivity contribution in [1.29, 1.82) is 0 Å². The first-order valence-corrected chi connectivity index (χ1v) is 6.96. The van der Waals surface area contributed by atoms with Gasteiger partial charge in [-0.15, -0.1) is 0 Å². The van der Waals surface area contributed by atoms with Crippen LogP contribution in [0, 0.1) is 5.41 Å². The molecule has 20 heavy (non-hydrogen) atoms. The molecular formula is C13H22N4O3. The van der Waals surface area contributed by atoms with Crippen LogP contribution in [0.3, 0.4) is 0 Å². The summed E-state index contributed by atoms with van der Waals surface area (Å²) in [6.45, 7) is 2.05. The fourth-order valence-electron chi connectivity index (χ4n) is 2.85. The summed E-state index contributed by atoms with van der Waals surface area (Å²) in [5, 5.41) is 19.7. The predicted molar refractivity (Wildman–Crippen MR) is 72.1 cm³/mol. The third-order valence-electron chi connectivity index (χ3n) is 3.97. The molecule has 0 aromatic carbocycles. The first-order valence-electron chi connectivity index (χ1n) is 6.96. The Morgan fingerprint density at radius 1 is 1.65 bits per heavy atom. The van der Waals surface area contributed by atoms with Gasteiger partial charge in [-0.25, -0.2) is 0 Å². The zero-order chi connectivity index (χ0) is 14.4. The van der Waals surface area contributed by atoms with Crippen molar-refractivity contribution in [1.82, 2.24) is 20.3 Å². The number of aliphatic hydroxyl groups excluding tert-OH is 1. The normalized spacial score (nSPS) is 23.0. The number of rotatable bonds is 6. The van der Waals surface area contributed by atoms with Crippen LogP contribution in [0.2, 0.25) is 0 Å². The molecule has 1 atom stereocenters. The molecule has 2 rings (SSSR count). The van der Waals surface area contributed by atoms with Crippen molar-refractivity contribution in [2.45, 2.75) is 25.7 Å². The third kappa shape index (κ3) is 3.34. The number of methoxy groups -OCH3 is 1. The molecule has 0 radical (unpaired) electrons. The molecule has 2 N–H and O–H groups in total. The molecule has 1 saturated heterocycles. The van der Waals surface area contributed by atoms with E-state index < -0.39 is 0 Å². The van der Waals surface area contributed by atoms with Gasteiger partial charge in [0.15, 0.2) is 5.69 Å². The van der Waals surface area contributed by atoms with Crippen molar-refractivity contribution in [3.8, 4) is 0 Å². The average Bonchev–Trinajstić information content (AvgIpc) is 3.01.